The van der Waals surface area contributed by atoms with Gasteiger partial charge in [0, 0.05) is 5.56 Å². The van der Waals surface area contributed by atoms with Gasteiger partial charge in [0.05, 0.1) is 31.5 Å². The molecule has 0 unspecified atom stereocenters. The molecule has 0 bridgehead atoms. The van der Waals surface area contributed by atoms with E-state index in [2.05, 4.69) is 0 Å². The van der Waals surface area contributed by atoms with E-state index in [9.17, 15) is 0 Å². The van der Waals surface area contributed by atoms with Crippen molar-refractivity contribution in [2.45, 2.75) is 51.8 Å². The highest BCUT2D eigenvalue weighted by atomic mass is 16.7. The topological polar surface area (TPSA) is 55.4 Å². The minimum absolute atomic E-state index is 0.401. The average Bonchev–Trinajstić information content (AvgIpc) is 3.33. The van der Waals surface area contributed by atoms with Crippen molar-refractivity contribution in [2.24, 2.45) is 0 Å². The molecule has 0 atom stereocenters. The molecule has 2 aliphatic rings. The number of benzene rings is 2. The second kappa shape index (κ2) is 8.23. The summed E-state index contributed by atoms with van der Waals surface area (Å²) in [5, 5.41) is 0. The molecule has 0 saturated carbocycles. The Morgan fingerprint density at radius 2 is 1.57 bits per heavy atom. The lowest BCUT2D eigenvalue weighted by Gasteiger charge is -2.32. The summed E-state index contributed by atoms with van der Waals surface area (Å²) < 4.78 is 35.3. The van der Waals surface area contributed by atoms with Crippen molar-refractivity contribution in [1.29, 1.82) is 0 Å². The van der Waals surface area contributed by atoms with E-state index in [1.165, 1.54) is 0 Å². The SMILES string of the molecule is COc1ccc(COc2ccc(B3OC(C)(C)C(C)(C)O3)cc2C2OCCO2)cc1. The minimum atomic E-state index is -0.460. The molecule has 2 aromatic rings. The summed E-state index contributed by atoms with van der Waals surface area (Å²) in [4.78, 5) is 0. The fraction of sp³-hybridized carbons (Fsp3) is 0.478. The quantitative estimate of drug-likeness (QED) is 0.676. The monoisotopic (exact) mass is 412 g/mol. The predicted molar refractivity (Wildman–Crippen MR) is 114 cm³/mol. The van der Waals surface area contributed by atoms with Crippen molar-refractivity contribution in [3.8, 4) is 11.5 Å². The molecular weight excluding hydrogens is 383 g/mol. The number of ether oxygens (including phenoxy) is 4. The lowest BCUT2D eigenvalue weighted by molar-refractivity contribution is -0.0458. The molecule has 0 aromatic heterocycles. The lowest BCUT2D eigenvalue weighted by Crippen LogP contribution is -2.41. The van der Waals surface area contributed by atoms with Crippen LogP contribution < -0.4 is 14.9 Å². The first-order valence-corrected chi connectivity index (χ1v) is 10.3. The van der Waals surface area contributed by atoms with Gasteiger partial charge in [-0.05, 0) is 56.9 Å². The Bertz CT molecular complexity index is 858. The zero-order valence-electron chi connectivity index (χ0n) is 18.3. The van der Waals surface area contributed by atoms with Crippen LogP contribution in [0.25, 0.3) is 0 Å². The van der Waals surface area contributed by atoms with Crippen LogP contribution in [0.15, 0.2) is 42.5 Å². The normalized spacial score (nSPS) is 20.5. The Balaban J connectivity index is 1.56. The van der Waals surface area contributed by atoms with Gasteiger partial charge in [0.1, 0.15) is 18.1 Å². The average molecular weight is 412 g/mol. The largest absolute Gasteiger partial charge is 0.497 e. The van der Waals surface area contributed by atoms with E-state index in [-0.39, 0.29) is 0 Å². The van der Waals surface area contributed by atoms with Crippen molar-refractivity contribution < 1.29 is 28.3 Å². The Kier molecular flexibility index (Phi) is 5.81. The molecule has 2 saturated heterocycles. The summed E-state index contributed by atoms with van der Waals surface area (Å²) in [6.45, 7) is 9.73. The standard InChI is InChI=1S/C23H29BO6/c1-22(2)23(3,4)30-24(29-22)17-8-11-20(19(14-17)21-26-12-13-27-21)28-15-16-6-9-18(25-5)10-7-16/h6-11,14,21H,12-13,15H2,1-5H3. The van der Waals surface area contributed by atoms with E-state index in [1.807, 2.05) is 70.2 Å². The van der Waals surface area contributed by atoms with Gasteiger partial charge in [-0.1, -0.05) is 24.3 Å². The number of rotatable bonds is 6. The van der Waals surface area contributed by atoms with E-state index < -0.39 is 24.6 Å². The van der Waals surface area contributed by atoms with Crippen molar-refractivity contribution >= 4 is 12.6 Å². The maximum Gasteiger partial charge on any atom is 0.494 e. The molecule has 0 amide bonds. The molecule has 7 heteroatoms. The van der Waals surface area contributed by atoms with Gasteiger partial charge in [-0.25, -0.2) is 0 Å². The molecule has 0 radical (unpaired) electrons. The molecule has 160 valence electrons. The van der Waals surface area contributed by atoms with E-state index >= 15 is 0 Å². The summed E-state index contributed by atoms with van der Waals surface area (Å²) in [7, 11) is 1.20. The molecular formula is C23H29BO6. The highest BCUT2D eigenvalue weighted by Crippen LogP contribution is 2.37. The van der Waals surface area contributed by atoms with Crippen LogP contribution in [0.5, 0.6) is 11.5 Å². The van der Waals surface area contributed by atoms with Crippen LogP contribution in [-0.4, -0.2) is 38.6 Å². The van der Waals surface area contributed by atoms with Gasteiger partial charge in [0.2, 0.25) is 0 Å². The van der Waals surface area contributed by atoms with Gasteiger partial charge in [-0.15, -0.1) is 0 Å². The van der Waals surface area contributed by atoms with Gasteiger partial charge in [0.15, 0.2) is 6.29 Å². The van der Waals surface area contributed by atoms with Crippen LogP contribution in [0.4, 0.5) is 0 Å². The third-order valence-corrected chi connectivity index (χ3v) is 5.99. The molecule has 0 spiro atoms. The first-order chi connectivity index (χ1) is 14.3. The smallest absolute Gasteiger partial charge is 0.494 e. The lowest BCUT2D eigenvalue weighted by atomic mass is 9.78. The Labute approximate surface area is 178 Å². The Morgan fingerprint density at radius 1 is 0.933 bits per heavy atom. The van der Waals surface area contributed by atoms with Crippen molar-refractivity contribution in [2.75, 3.05) is 20.3 Å². The summed E-state index contributed by atoms with van der Waals surface area (Å²) in [5.74, 6) is 1.54. The third-order valence-electron chi connectivity index (χ3n) is 5.99. The fourth-order valence-electron chi connectivity index (χ4n) is 3.43. The Morgan fingerprint density at radius 3 is 2.17 bits per heavy atom. The molecule has 4 rings (SSSR count). The number of hydrogen-bond acceptors (Lipinski definition) is 6. The van der Waals surface area contributed by atoms with E-state index in [0.717, 1.165) is 28.1 Å². The van der Waals surface area contributed by atoms with Crippen LogP contribution in [0.2, 0.25) is 0 Å². The first kappa shape index (κ1) is 21.2. The maximum absolute atomic E-state index is 6.20. The van der Waals surface area contributed by atoms with Gasteiger partial charge < -0.3 is 28.3 Å². The highest BCUT2D eigenvalue weighted by Gasteiger charge is 2.51. The molecule has 2 fully saturated rings. The zero-order chi connectivity index (χ0) is 21.4. The van der Waals surface area contributed by atoms with Crippen molar-refractivity contribution in [3.63, 3.8) is 0 Å². The van der Waals surface area contributed by atoms with Gasteiger partial charge in [-0.2, -0.15) is 0 Å². The number of methoxy groups -OCH3 is 1. The van der Waals surface area contributed by atoms with Gasteiger partial charge >= 0.3 is 7.12 Å². The van der Waals surface area contributed by atoms with Gasteiger partial charge in [0.25, 0.3) is 0 Å². The highest BCUT2D eigenvalue weighted by molar-refractivity contribution is 6.62. The summed E-state index contributed by atoms with van der Waals surface area (Å²) in [6, 6.07) is 13.7. The molecule has 30 heavy (non-hydrogen) atoms. The van der Waals surface area contributed by atoms with E-state index in [4.69, 9.17) is 28.3 Å². The van der Waals surface area contributed by atoms with Gasteiger partial charge in [-0.3, -0.25) is 0 Å². The fourth-order valence-corrected chi connectivity index (χ4v) is 3.43. The van der Waals surface area contributed by atoms with Crippen molar-refractivity contribution in [1.82, 2.24) is 0 Å². The summed E-state index contributed by atoms with van der Waals surface area (Å²) in [5.41, 5.74) is 2.00. The van der Waals surface area contributed by atoms with Crippen LogP contribution >= 0.6 is 0 Å². The minimum Gasteiger partial charge on any atom is -0.497 e. The summed E-state index contributed by atoms with van der Waals surface area (Å²) >= 11 is 0. The molecule has 0 N–H and O–H groups in total. The Hall–Kier alpha value is -2.06. The second-order valence-electron chi connectivity index (χ2n) is 8.60. The van der Waals surface area contributed by atoms with Crippen LogP contribution in [0.1, 0.15) is 45.1 Å². The maximum atomic E-state index is 6.20. The van der Waals surface area contributed by atoms with Crippen molar-refractivity contribution in [3.05, 3.63) is 53.6 Å². The molecule has 2 aliphatic heterocycles. The van der Waals surface area contributed by atoms with Crippen LogP contribution in [0.3, 0.4) is 0 Å². The third kappa shape index (κ3) is 4.21. The van der Waals surface area contributed by atoms with E-state index in [1.54, 1.807) is 7.11 Å². The molecule has 0 aliphatic carbocycles. The van der Waals surface area contributed by atoms with Crippen LogP contribution in [-0.2, 0) is 25.4 Å². The number of hydrogen-bond donors (Lipinski definition) is 0. The molecule has 2 aromatic carbocycles. The first-order valence-electron chi connectivity index (χ1n) is 10.3. The zero-order valence-corrected chi connectivity index (χ0v) is 18.3. The summed E-state index contributed by atoms with van der Waals surface area (Å²) in [6.07, 6.45) is -0.460. The van der Waals surface area contributed by atoms with E-state index in [0.29, 0.717) is 19.8 Å². The van der Waals surface area contributed by atoms with Crippen LogP contribution in [0, 0.1) is 0 Å². The predicted octanol–water partition coefficient (Wildman–Crippen LogP) is 3.62. The molecule has 6 nitrogen and oxygen atoms in total. The molecule has 2 heterocycles. The second-order valence-corrected chi connectivity index (χ2v) is 8.60.